The standard InChI is InChI=1S/C10H20N4O/c1-3-6-12-9(15)7-13-10(11-2)14-8-4-5-8/h8H,3-7H2,1-2H3,(H,12,15)(H2,11,13,14). The Kier molecular flexibility index (Phi) is 4.93. The number of hydrogen-bond donors (Lipinski definition) is 3. The number of guanidine groups is 1. The van der Waals surface area contributed by atoms with E-state index in [-0.39, 0.29) is 12.5 Å². The fraction of sp³-hybridized carbons (Fsp3) is 0.800. The smallest absolute Gasteiger partial charge is 0.239 e. The Morgan fingerprint density at radius 3 is 2.67 bits per heavy atom. The molecule has 0 aromatic carbocycles. The molecule has 1 saturated carbocycles. The van der Waals surface area contributed by atoms with Gasteiger partial charge in [-0.15, -0.1) is 0 Å². The van der Waals surface area contributed by atoms with Crippen LogP contribution in [-0.2, 0) is 4.79 Å². The first kappa shape index (κ1) is 11.8. The highest BCUT2D eigenvalue weighted by Gasteiger charge is 2.22. The van der Waals surface area contributed by atoms with Gasteiger partial charge in [-0.25, -0.2) is 0 Å². The van der Waals surface area contributed by atoms with Crippen LogP contribution >= 0.6 is 0 Å². The fourth-order valence-corrected chi connectivity index (χ4v) is 1.11. The zero-order valence-electron chi connectivity index (χ0n) is 9.47. The zero-order valence-corrected chi connectivity index (χ0v) is 9.47. The number of nitrogens with zero attached hydrogens (tertiary/aromatic N) is 1. The molecule has 0 saturated heterocycles. The van der Waals surface area contributed by atoms with Crippen molar-refractivity contribution in [2.45, 2.75) is 32.2 Å². The number of carbonyl (C=O) groups excluding carboxylic acids is 1. The zero-order chi connectivity index (χ0) is 11.1. The van der Waals surface area contributed by atoms with Crippen LogP contribution in [0.4, 0.5) is 0 Å². The van der Waals surface area contributed by atoms with Crippen molar-refractivity contribution in [2.75, 3.05) is 20.1 Å². The largest absolute Gasteiger partial charge is 0.355 e. The van der Waals surface area contributed by atoms with E-state index in [2.05, 4.69) is 20.9 Å². The van der Waals surface area contributed by atoms with Crippen molar-refractivity contribution in [3.05, 3.63) is 0 Å². The van der Waals surface area contributed by atoms with Crippen molar-refractivity contribution in [3.8, 4) is 0 Å². The van der Waals surface area contributed by atoms with Gasteiger partial charge in [-0.05, 0) is 19.3 Å². The molecule has 0 spiro atoms. The van der Waals surface area contributed by atoms with Crippen LogP contribution in [0.25, 0.3) is 0 Å². The van der Waals surface area contributed by atoms with E-state index in [1.807, 2.05) is 6.92 Å². The number of carbonyl (C=O) groups is 1. The van der Waals surface area contributed by atoms with E-state index >= 15 is 0 Å². The first-order valence-electron chi connectivity index (χ1n) is 5.50. The molecule has 1 aliphatic carbocycles. The van der Waals surface area contributed by atoms with Gasteiger partial charge in [-0.3, -0.25) is 9.79 Å². The van der Waals surface area contributed by atoms with Crippen molar-refractivity contribution in [1.82, 2.24) is 16.0 Å². The summed E-state index contributed by atoms with van der Waals surface area (Å²) in [5.74, 6) is 0.722. The Hall–Kier alpha value is -1.26. The van der Waals surface area contributed by atoms with Crippen LogP contribution in [0, 0.1) is 0 Å². The number of rotatable bonds is 5. The van der Waals surface area contributed by atoms with Gasteiger partial charge in [0.15, 0.2) is 5.96 Å². The summed E-state index contributed by atoms with van der Waals surface area (Å²) in [6.07, 6.45) is 3.35. The van der Waals surface area contributed by atoms with Gasteiger partial charge in [0.25, 0.3) is 0 Å². The van der Waals surface area contributed by atoms with E-state index in [0.717, 1.165) is 13.0 Å². The molecule has 0 aromatic rings. The molecule has 5 heteroatoms. The van der Waals surface area contributed by atoms with Gasteiger partial charge < -0.3 is 16.0 Å². The number of nitrogens with one attached hydrogen (secondary N) is 3. The molecule has 1 amide bonds. The Bertz CT molecular complexity index is 236. The normalized spacial score (nSPS) is 16.0. The predicted octanol–water partition coefficient (Wildman–Crippen LogP) is -0.160. The Morgan fingerprint density at radius 2 is 2.13 bits per heavy atom. The molecule has 5 nitrogen and oxygen atoms in total. The first-order valence-corrected chi connectivity index (χ1v) is 5.50. The maximum atomic E-state index is 11.3. The van der Waals surface area contributed by atoms with Gasteiger partial charge >= 0.3 is 0 Å². The number of aliphatic imine (C=N–C) groups is 1. The van der Waals surface area contributed by atoms with Crippen molar-refractivity contribution < 1.29 is 4.79 Å². The third-order valence-corrected chi connectivity index (χ3v) is 2.13. The van der Waals surface area contributed by atoms with Crippen LogP contribution in [-0.4, -0.2) is 38.0 Å². The summed E-state index contributed by atoms with van der Waals surface area (Å²) in [5, 5.41) is 8.98. The van der Waals surface area contributed by atoms with Crippen LogP contribution < -0.4 is 16.0 Å². The van der Waals surface area contributed by atoms with Crippen molar-refractivity contribution in [2.24, 2.45) is 4.99 Å². The molecule has 0 unspecified atom stereocenters. The molecular formula is C10H20N4O. The van der Waals surface area contributed by atoms with Crippen LogP contribution in [0.3, 0.4) is 0 Å². The van der Waals surface area contributed by atoms with Gasteiger partial charge in [0.1, 0.15) is 0 Å². The minimum Gasteiger partial charge on any atom is -0.355 e. The summed E-state index contributed by atoms with van der Waals surface area (Å²) in [6.45, 7) is 3.04. The van der Waals surface area contributed by atoms with E-state index in [1.54, 1.807) is 7.05 Å². The molecule has 0 bridgehead atoms. The average Bonchev–Trinajstić information content (AvgIpc) is 3.04. The number of amides is 1. The molecule has 0 aliphatic heterocycles. The highest BCUT2D eigenvalue weighted by atomic mass is 16.1. The first-order chi connectivity index (χ1) is 7.26. The molecule has 1 aliphatic rings. The van der Waals surface area contributed by atoms with Gasteiger partial charge in [0.2, 0.25) is 5.91 Å². The topological polar surface area (TPSA) is 65.5 Å². The SMILES string of the molecule is CCCNC(=O)CNC(=NC)NC1CC1. The minimum absolute atomic E-state index is 0.00981. The van der Waals surface area contributed by atoms with Gasteiger partial charge in [0, 0.05) is 19.6 Å². The quantitative estimate of drug-likeness (QED) is 0.438. The lowest BCUT2D eigenvalue weighted by molar-refractivity contribution is -0.120. The molecule has 0 heterocycles. The van der Waals surface area contributed by atoms with Crippen LogP contribution in [0.15, 0.2) is 4.99 Å². The highest BCUT2D eigenvalue weighted by Crippen LogP contribution is 2.18. The number of hydrogen-bond acceptors (Lipinski definition) is 2. The molecule has 3 N–H and O–H groups in total. The molecular weight excluding hydrogens is 192 g/mol. The lowest BCUT2D eigenvalue weighted by Gasteiger charge is -2.10. The van der Waals surface area contributed by atoms with E-state index in [0.29, 0.717) is 12.0 Å². The molecule has 0 aromatic heterocycles. The summed E-state index contributed by atoms with van der Waals surface area (Å²) in [5.41, 5.74) is 0. The van der Waals surface area contributed by atoms with Gasteiger partial charge in [-0.2, -0.15) is 0 Å². The molecule has 86 valence electrons. The van der Waals surface area contributed by atoms with Crippen LogP contribution in [0.5, 0.6) is 0 Å². The predicted molar refractivity (Wildman–Crippen MR) is 60.8 cm³/mol. The Balaban J connectivity index is 2.12. The van der Waals surface area contributed by atoms with E-state index in [4.69, 9.17) is 0 Å². The van der Waals surface area contributed by atoms with Gasteiger partial charge in [-0.1, -0.05) is 6.92 Å². The molecule has 1 fully saturated rings. The summed E-state index contributed by atoms with van der Waals surface area (Å²) in [7, 11) is 1.71. The van der Waals surface area contributed by atoms with E-state index in [9.17, 15) is 4.79 Å². The second-order valence-electron chi connectivity index (χ2n) is 3.69. The molecule has 0 radical (unpaired) electrons. The van der Waals surface area contributed by atoms with E-state index < -0.39 is 0 Å². The third-order valence-electron chi connectivity index (χ3n) is 2.13. The summed E-state index contributed by atoms with van der Waals surface area (Å²) in [4.78, 5) is 15.3. The van der Waals surface area contributed by atoms with Crippen molar-refractivity contribution in [3.63, 3.8) is 0 Å². The lowest BCUT2D eigenvalue weighted by atomic mass is 10.4. The van der Waals surface area contributed by atoms with E-state index in [1.165, 1.54) is 12.8 Å². The maximum Gasteiger partial charge on any atom is 0.239 e. The second kappa shape index (κ2) is 6.27. The van der Waals surface area contributed by atoms with Crippen LogP contribution in [0.2, 0.25) is 0 Å². The summed E-state index contributed by atoms with van der Waals surface area (Å²) >= 11 is 0. The summed E-state index contributed by atoms with van der Waals surface area (Å²) in [6, 6.07) is 0.551. The van der Waals surface area contributed by atoms with Gasteiger partial charge in [0.05, 0.1) is 6.54 Å². The molecule has 0 atom stereocenters. The average molecular weight is 212 g/mol. The Labute approximate surface area is 90.7 Å². The lowest BCUT2D eigenvalue weighted by Crippen LogP contribution is -2.43. The molecule has 1 rings (SSSR count). The van der Waals surface area contributed by atoms with Crippen LogP contribution in [0.1, 0.15) is 26.2 Å². The minimum atomic E-state index is 0.00981. The van der Waals surface area contributed by atoms with Crippen molar-refractivity contribution in [1.29, 1.82) is 0 Å². The fourth-order valence-electron chi connectivity index (χ4n) is 1.11. The third kappa shape index (κ3) is 5.24. The summed E-state index contributed by atoms with van der Waals surface area (Å²) < 4.78 is 0. The monoisotopic (exact) mass is 212 g/mol. The maximum absolute atomic E-state index is 11.3. The van der Waals surface area contributed by atoms with Crippen molar-refractivity contribution >= 4 is 11.9 Å². The second-order valence-corrected chi connectivity index (χ2v) is 3.69. The molecule has 15 heavy (non-hydrogen) atoms. The highest BCUT2D eigenvalue weighted by molar-refractivity contribution is 5.86. The Morgan fingerprint density at radius 1 is 1.40 bits per heavy atom.